The van der Waals surface area contributed by atoms with Crippen molar-refractivity contribution >= 4 is 8.07 Å². The molecule has 0 radical (unpaired) electrons. The van der Waals surface area contributed by atoms with Gasteiger partial charge in [-0.25, -0.2) is 0 Å². The van der Waals surface area contributed by atoms with Gasteiger partial charge in [0.2, 0.25) is 0 Å². The molecule has 0 saturated heterocycles. The van der Waals surface area contributed by atoms with Crippen LogP contribution >= 0.6 is 0 Å². The highest BCUT2D eigenvalue weighted by molar-refractivity contribution is 6.83. The van der Waals surface area contributed by atoms with Crippen LogP contribution in [-0.4, -0.2) is 43.9 Å². The average molecular weight is 526 g/mol. The normalized spacial score (nSPS) is 15.4. The third kappa shape index (κ3) is 6.82. The minimum absolute atomic E-state index is 0.0698. The fraction of sp³-hybridized carbons (Fsp3) is 0.789. The zero-order chi connectivity index (χ0) is 26.7. The SMILES string of the molecule is CCCCCC/C(C#C[Si](C)(C)C)=C\C(F)(F)C(F)(F)C(F)(F)C(F)(F)C(F)(F)C(F)(F)F. The van der Waals surface area contributed by atoms with E-state index in [0.29, 0.717) is 19.3 Å². The molecule has 0 aromatic carbocycles. The topological polar surface area (TPSA) is 0 Å². The van der Waals surface area contributed by atoms with E-state index in [9.17, 15) is 57.1 Å². The van der Waals surface area contributed by atoms with Gasteiger partial charge in [0.1, 0.15) is 8.07 Å². The van der Waals surface area contributed by atoms with Crippen LogP contribution in [0.5, 0.6) is 0 Å². The fourth-order valence-corrected chi connectivity index (χ4v) is 2.81. The van der Waals surface area contributed by atoms with Gasteiger partial charge in [-0.1, -0.05) is 51.7 Å². The van der Waals surface area contributed by atoms with Crippen LogP contribution in [-0.2, 0) is 0 Å². The highest BCUT2D eigenvalue weighted by Crippen LogP contribution is 2.60. The monoisotopic (exact) mass is 526 g/mol. The van der Waals surface area contributed by atoms with Gasteiger partial charge in [0, 0.05) is 11.6 Å². The number of rotatable bonds is 10. The second-order valence-electron chi connectivity index (χ2n) is 8.40. The van der Waals surface area contributed by atoms with Crippen molar-refractivity contribution in [3.8, 4) is 11.5 Å². The number of unbranched alkanes of at least 4 members (excludes halogenated alkanes) is 3. The molecule has 14 heteroatoms. The molecule has 0 bridgehead atoms. The van der Waals surface area contributed by atoms with Gasteiger partial charge < -0.3 is 0 Å². The largest absolute Gasteiger partial charge is 0.460 e. The van der Waals surface area contributed by atoms with E-state index in [2.05, 4.69) is 11.5 Å². The zero-order valence-electron chi connectivity index (χ0n) is 18.0. The molecule has 0 aromatic heterocycles. The predicted molar refractivity (Wildman–Crippen MR) is 98.8 cm³/mol. The molecule has 194 valence electrons. The van der Waals surface area contributed by atoms with Crippen LogP contribution in [0.2, 0.25) is 19.6 Å². The summed E-state index contributed by atoms with van der Waals surface area (Å²) < 4.78 is 172. The van der Waals surface area contributed by atoms with Crippen molar-refractivity contribution in [2.45, 2.75) is 94.5 Å². The molecule has 0 N–H and O–H groups in total. The van der Waals surface area contributed by atoms with E-state index in [-0.39, 0.29) is 6.42 Å². The number of hydrogen-bond donors (Lipinski definition) is 0. The summed E-state index contributed by atoms with van der Waals surface area (Å²) in [6, 6.07) is 0. The van der Waals surface area contributed by atoms with Crippen molar-refractivity contribution in [1.82, 2.24) is 0 Å². The lowest BCUT2D eigenvalue weighted by Gasteiger charge is -2.39. The van der Waals surface area contributed by atoms with Crippen molar-refractivity contribution in [2.75, 3.05) is 0 Å². The van der Waals surface area contributed by atoms with E-state index >= 15 is 0 Å². The number of hydrogen-bond acceptors (Lipinski definition) is 0. The van der Waals surface area contributed by atoms with E-state index in [4.69, 9.17) is 0 Å². The van der Waals surface area contributed by atoms with Crippen LogP contribution < -0.4 is 0 Å². The van der Waals surface area contributed by atoms with E-state index in [1.807, 2.05) is 0 Å². The molecule has 0 aliphatic heterocycles. The van der Waals surface area contributed by atoms with Gasteiger partial charge in [-0.15, -0.1) is 5.54 Å². The smallest absolute Gasteiger partial charge is 0.195 e. The Hall–Kier alpha value is -1.39. The van der Waals surface area contributed by atoms with Gasteiger partial charge in [0.05, 0.1) is 0 Å². The summed E-state index contributed by atoms with van der Waals surface area (Å²) in [5.74, 6) is -34.9. The Morgan fingerprint density at radius 1 is 0.667 bits per heavy atom. The molecule has 0 amide bonds. The second kappa shape index (κ2) is 10.1. The molecule has 0 aliphatic rings. The third-order valence-electron chi connectivity index (χ3n) is 4.21. The Morgan fingerprint density at radius 2 is 1.12 bits per heavy atom. The molecule has 0 saturated carbocycles. The molecule has 0 spiro atoms. The summed E-state index contributed by atoms with van der Waals surface area (Å²) in [5.41, 5.74) is 1.64. The second-order valence-corrected chi connectivity index (χ2v) is 13.1. The molecule has 0 fully saturated rings. The predicted octanol–water partition coefficient (Wildman–Crippen LogP) is 8.50. The molecule has 0 heterocycles. The van der Waals surface area contributed by atoms with Crippen molar-refractivity contribution < 1.29 is 57.1 Å². The van der Waals surface area contributed by atoms with E-state index in [1.54, 1.807) is 26.6 Å². The fourth-order valence-electron chi connectivity index (χ4n) is 2.27. The minimum Gasteiger partial charge on any atom is -0.195 e. The highest BCUT2D eigenvalue weighted by atomic mass is 28.3. The minimum atomic E-state index is -7.90. The average Bonchev–Trinajstić information content (AvgIpc) is 2.60. The van der Waals surface area contributed by atoms with Crippen molar-refractivity contribution in [3.05, 3.63) is 11.6 Å². The summed E-state index contributed by atoms with van der Waals surface area (Å²) in [6.45, 7) is 6.59. The lowest BCUT2D eigenvalue weighted by Crippen LogP contribution is -2.69. The summed E-state index contributed by atoms with van der Waals surface area (Å²) in [4.78, 5) is 0. The summed E-state index contributed by atoms with van der Waals surface area (Å²) in [6.07, 6.45) is -7.03. The molecule has 0 atom stereocenters. The Bertz CT molecular complexity index is 746. The molecule has 0 rings (SSSR count). The van der Waals surface area contributed by atoms with Crippen LogP contribution in [0.1, 0.15) is 39.0 Å². The molecular weight excluding hydrogens is 503 g/mol. The summed E-state index contributed by atoms with van der Waals surface area (Å²) in [7, 11) is -2.33. The molecular formula is C19H23F13Si. The number of allylic oxidation sites excluding steroid dienone is 2. The highest BCUT2D eigenvalue weighted by Gasteiger charge is 2.90. The maximum Gasteiger partial charge on any atom is 0.460 e. The van der Waals surface area contributed by atoms with E-state index in [0.717, 1.165) is 0 Å². The Morgan fingerprint density at radius 3 is 1.52 bits per heavy atom. The first-order chi connectivity index (χ1) is 14.4. The molecule has 33 heavy (non-hydrogen) atoms. The Balaban J connectivity index is 6.49. The van der Waals surface area contributed by atoms with Crippen LogP contribution in [0.25, 0.3) is 0 Å². The summed E-state index contributed by atoms with van der Waals surface area (Å²) >= 11 is 0. The standard InChI is InChI=1S/C19H23F13Si/c1-5-6-7-8-9-13(10-11-33(2,3)4)12-14(20,21)15(22,23)16(24,25)17(26,27)18(28,29)19(30,31)32/h12H,5-9H2,1-4H3/b13-12+. The van der Waals surface area contributed by atoms with Crippen molar-refractivity contribution in [1.29, 1.82) is 0 Å². The van der Waals surface area contributed by atoms with Crippen LogP contribution in [0.15, 0.2) is 11.6 Å². The maximum atomic E-state index is 14.1. The zero-order valence-corrected chi connectivity index (χ0v) is 19.0. The van der Waals surface area contributed by atoms with Gasteiger partial charge in [-0.05, 0) is 12.8 Å². The van der Waals surface area contributed by atoms with Gasteiger partial charge in [0.15, 0.2) is 0 Å². The molecule has 0 aromatic rings. The lowest BCUT2D eigenvalue weighted by atomic mass is 9.92. The Labute approximate surface area is 183 Å². The quantitative estimate of drug-likeness (QED) is 0.116. The first-order valence-corrected chi connectivity index (χ1v) is 13.1. The van der Waals surface area contributed by atoms with Gasteiger partial charge in [-0.2, -0.15) is 57.1 Å². The Kier molecular flexibility index (Phi) is 9.65. The number of alkyl halides is 13. The number of halogens is 13. The third-order valence-corrected chi connectivity index (χ3v) is 5.09. The van der Waals surface area contributed by atoms with Crippen LogP contribution in [0.3, 0.4) is 0 Å². The van der Waals surface area contributed by atoms with E-state index < -0.39 is 61.9 Å². The lowest BCUT2D eigenvalue weighted by molar-refractivity contribution is -0.436. The molecule has 0 unspecified atom stereocenters. The van der Waals surface area contributed by atoms with Gasteiger partial charge in [0.25, 0.3) is 0 Å². The van der Waals surface area contributed by atoms with Crippen LogP contribution in [0.4, 0.5) is 57.1 Å². The molecule has 0 nitrogen and oxygen atoms in total. The first-order valence-electron chi connectivity index (χ1n) is 9.59. The van der Waals surface area contributed by atoms with Crippen LogP contribution in [0, 0.1) is 11.5 Å². The van der Waals surface area contributed by atoms with Crippen molar-refractivity contribution in [2.24, 2.45) is 0 Å². The van der Waals surface area contributed by atoms with E-state index in [1.165, 1.54) is 0 Å². The van der Waals surface area contributed by atoms with Gasteiger partial charge in [-0.3, -0.25) is 0 Å². The van der Waals surface area contributed by atoms with Gasteiger partial charge >= 0.3 is 35.8 Å². The summed E-state index contributed by atoms with van der Waals surface area (Å²) in [5, 5.41) is 0. The first kappa shape index (κ1) is 31.6. The maximum absolute atomic E-state index is 14.1. The molecule has 0 aliphatic carbocycles. The van der Waals surface area contributed by atoms with Crippen molar-refractivity contribution in [3.63, 3.8) is 0 Å².